The second kappa shape index (κ2) is 3.38. The lowest BCUT2D eigenvalue weighted by molar-refractivity contribution is 0.871. The van der Waals surface area contributed by atoms with Crippen LogP contribution < -0.4 is 5.56 Å². The Hall–Kier alpha value is -1.75. The maximum absolute atomic E-state index is 12.1. The third-order valence-electron chi connectivity index (χ3n) is 2.45. The Bertz CT molecular complexity index is 729. The molecule has 0 spiro atoms. The molecule has 2 aromatic heterocycles. The summed E-state index contributed by atoms with van der Waals surface area (Å²) in [5.74, 6) is 0.712. The summed E-state index contributed by atoms with van der Waals surface area (Å²) in [4.78, 5) is 17.1. The first kappa shape index (κ1) is 9.47. The van der Waals surface area contributed by atoms with Gasteiger partial charge in [-0.25, -0.2) is 4.98 Å². The number of benzene rings is 1. The minimum Gasteiger partial charge on any atom is -0.267 e. The molecular formula is C11H9N3OS. The summed E-state index contributed by atoms with van der Waals surface area (Å²) in [6, 6.07) is 7.54. The number of hydrogen-bond donors (Lipinski definition) is 0. The Labute approximate surface area is 95.2 Å². The monoisotopic (exact) mass is 231 g/mol. The summed E-state index contributed by atoms with van der Waals surface area (Å²) in [5.41, 5.74) is -0.0865. The van der Waals surface area contributed by atoms with Crippen molar-refractivity contribution in [2.24, 2.45) is 0 Å². The van der Waals surface area contributed by atoms with Crippen molar-refractivity contribution >= 4 is 26.4 Å². The number of fused-ring (bicyclic) bond motifs is 2. The van der Waals surface area contributed by atoms with E-state index < -0.39 is 0 Å². The average Bonchev–Trinajstić information content (AvgIpc) is 2.73. The molecule has 0 atom stereocenters. The Morgan fingerprint density at radius 3 is 3.00 bits per heavy atom. The van der Waals surface area contributed by atoms with Crippen LogP contribution in [0.1, 0.15) is 12.7 Å². The molecule has 0 aliphatic carbocycles. The molecule has 4 nitrogen and oxygen atoms in total. The fraction of sp³-hybridized carbons (Fsp3) is 0.182. The summed E-state index contributed by atoms with van der Waals surface area (Å²) in [5, 5.41) is 4.89. The van der Waals surface area contributed by atoms with Crippen LogP contribution in [0.25, 0.3) is 15.0 Å². The lowest BCUT2D eigenvalue weighted by Crippen LogP contribution is -2.13. The van der Waals surface area contributed by atoms with Crippen molar-refractivity contribution in [2.45, 2.75) is 13.3 Å². The highest BCUT2D eigenvalue weighted by Crippen LogP contribution is 2.18. The van der Waals surface area contributed by atoms with E-state index >= 15 is 0 Å². The van der Waals surface area contributed by atoms with Gasteiger partial charge in [-0.1, -0.05) is 30.4 Å². The number of hydrogen-bond acceptors (Lipinski definition) is 4. The second-order valence-electron chi connectivity index (χ2n) is 3.48. The van der Waals surface area contributed by atoms with Crippen molar-refractivity contribution in [3.05, 3.63) is 40.4 Å². The minimum absolute atomic E-state index is 0.0865. The molecule has 80 valence electrons. The molecule has 0 aliphatic heterocycles. The van der Waals surface area contributed by atoms with E-state index in [0.717, 1.165) is 11.1 Å². The summed E-state index contributed by atoms with van der Waals surface area (Å²) in [7, 11) is 0. The van der Waals surface area contributed by atoms with Crippen molar-refractivity contribution in [3.8, 4) is 0 Å². The van der Waals surface area contributed by atoms with E-state index in [4.69, 9.17) is 0 Å². The third-order valence-corrected chi connectivity index (χ3v) is 3.47. The maximum Gasteiger partial charge on any atom is 0.282 e. The second-order valence-corrected chi connectivity index (χ2v) is 4.49. The van der Waals surface area contributed by atoms with E-state index in [1.807, 2.05) is 31.2 Å². The molecule has 0 radical (unpaired) electrons. The van der Waals surface area contributed by atoms with Gasteiger partial charge in [0.1, 0.15) is 0 Å². The topological polar surface area (TPSA) is 47.3 Å². The highest BCUT2D eigenvalue weighted by Gasteiger charge is 2.08. The van der Waals surface area contributed by atoms with Gasteiger partial charge in [-0.05, 0) is 12.1 Å². The number of aryl methyl sites for hydroxylation is 1. The average molecular weight is 231 g/mol. The molecule has 5 heteroatoms. The first-order chi connectivity index (χ1) is 7.79. The number of aromatic nitrogens is 3. The molecule has 1 aromatic carbocycles. The Balaban J connectivity index is 2.53. The molecule has 16 heavy (non-hydrogen) atoms. The highest BCUT2D eigenvalue weighted by molar-refractivity contribution is 7.23. The zero-order valence-electron chi connectivity index (χ0n) is 8.67. The van der Waals surface area contributed by atoms with Crippen LogP contribution in [0.4, 0.5) is 0 Å². The zero-order valence-corrected chi connectivity index (χ0v) is 9.49. The molecule has 0 saturated carbocycles. The van der Waals surface area contributed by atoms with Crippen molar-refractivity contribution in [2.75, 3.05) is 0 Å². The molecule has 0 bridgehead atoms. The van der Waals surface area contributed by atoms with Gasteiger partial charge in [0, 0.05) is 11.1 Å². The van der Waals surface area contributed by atoms with E-state index in [1.54, 1.807) is 0 Å². The molecule has 0 fully saturated rings. The van der Waals surface area contributed by atoms with Crippen molar-refractivity contribution < 1.29 is 0 Å². The smallest absolute Gasteiger partial charge is 0.267 e. The number of nitrogens with zero attached hydrogens (tertiary/aromatic N) is 3. The van der Waals surface area contributed by atoms with Crippen molar-refractivity contribution in [1.82, 2.24) is 14.6 Å². The van der Waals surface area contributed by atoms with Gasteiger partial charge in [0.15, 0.2) is 5.82 Å². The quantitative estimate of drug-likeness (QED) is 0.642. The van der Waals surface area contributed by atoms with Crippen LogP contribution in [0.5, 0.6) is 0 Å². The predicted octanol–water partition coefficient (Wildman–Crippen LogP) is 1.87. The van der Waals surface area contributed by atoms with Crippen LogP contribution in [0, 0.1) is 0 Å². The van der Waals surface area contributed by atoms with E-state index in [-0.39, 0.29) is 5.56 Å². The summed E-state index contributed by atoms with van der Waals surface area (Å²) < 4.78 is 2.35. The van der Waals surface area contributed by atoms with Gasteiger partial charge in [0.05, 0.1) is 5.39 Å². The number of rotatable bonds is 1. The Kier molecular flexibility index (Phi) is 2.00. The first-order valence-corrected chi connectivity index (χ1v) is 5.88. The summed E-state index contributed by atoms with van der Waals surface area (Å²) in [6.45, 7) is 1.98. The normalized spacial score (nSPS) is 11.3. The first-order valence-electron chi connectivity index (χ1n) is 5.07. The Morgan fingerprint density at radius 1 is 1.38 bits per heavy atom. The van der Waals surface area contributed by atoms with Crippen LogP contribution >= 0.6 is 11.3 Å². The molecular weight excluding hydrogens is 222 g/mol. The SMILES string of the molecule is CCc1nc2sc3ccccc3c(=O)n2n1. The lowest BCUT2D eigenvalue weighted by atomic mass is 10.3. The third kappa shape index (κ3) is 1.25. The van der Waals surface area contributed by atoms with Crippen LogP contribution in [-0.2, 0) is 6.42 Å². The minimum atomic E-state index is -0.0865. The van der Waals surface area contributed by atoms with Gasteiger partial charge in [0.2, 0.25) is 4.96 Å². The van der Waals surface area contributed by atoms with Crippen molar-refractivity contribution in [3.63, 3.8) is 0 Å². The fourth-order valence-electron chi connectivity index (χ4n) is 1.63. The Morgan fingerprint density at radius 2 is 2.19 bits per heavy atom. The molecule has 3 aromatic rings. The molecule has 0 unspecified atom stereocenters. The van der Waals surface area contributed by atoms with E-state index in [0.29, 0.717) is 16.2 Å². The molecule has 3 rings (SSSR count). The summed E-state index contributed by atoms with van der Waals surface area (Å²) in [6.07, 6.45) is 0.740. The fourth-order valence-corrected chi connectivity index (χ4v) is 2.60. The summed E-state index contributed by atoms with van der Waals surface area (Å²) >= 11 is 1.49. The van der Waals surface area contributed by atoms with Crippen molar-refractivity contribution in [1.29, 1.82) is 0 Å². The lowest BCUT2D eigenvalue weighted by Gasteiger charge is -1.94. The van der Waals surface area contributed by atoms with Gasteiger partial charge in [-0.3, -0.25) is 4.79 Å². The molecule has 0 aliphatic rings. The van der Waals surface area contributed by atoms with Gasteiger partial charge in [0.25, 0.3) is 5.56 Å². The molecule has 0 amide bonds. The van der Waals surface area contributed by atoms with E-state index in [9.17, 15) is 4.79 Å². The molecule has 2 heterocycles. The van der Waals surface area contributed by atoms with E-state index in [2.05, 4.69) is 10.1 Å². The largest absolute Gasteiger partial charge is 0.282 e. The van der Waals surface area contributed by atoms with Crippen LogP contribution in [0.15, 0.2) is 29.1 Å². The molecule has 0 N–H and O–H groups in total. The van der Waals surface area contributed by atoms with Gasteiger partial charge < -0.3 is 0 Å². The van der Waals surface area contributed by atoms with Gasteiger partial charge in [-0.15, -0.1) is 5.10 Å². The zero-order chi connectivity index (χ0) is 11.1. The maximum atomic E-state index is 12.1. The van der Waals surface area contributed by atoms with Crippen LogP contribution in [0.3, 0.4) is 0 Å². The van der Waals surface area contributed by atoms with Gasteiger partial charge in [-0.2, -0.15) is 4.52 Å². The van der Waals surface area contributed by atoms with Crippen LogP contribution in [-0.4, -0.2) is 14.6 Å². The van der Waals surface area contributed by atoms with Gasteiger partial charge >= 0.3 is 0 Å². The van der Waals surface area contributed by atoms with E-state index in [1.165, 1.54) is 15.9 Å². The van der Waals surface area contributed by atoms with Crippen LogP contribution in [0.2, 0.25) is 0 Å². The highest BCUT2D eigenvalue weighted by atomic mass is 32.1. The standard InChI is InChI=1S/C11H9N3OS/c1-2-9-12-11-14(13-9)10(15)7-5-3-4-6-8(7)16-11/h3-6H,2H2,1H3. The molecule has 0 saturated heterocycles. The predicted molar refractivity (Wildman–Crippen MR) is 64.0 cm³/mol.